The van der Waals surface area contributed by atoms with Crippen molar-refractivity contribution in [1.29, 1.82) is 0 Å². The molecule has 0 fully saturated rings. The monoisotopic (exact) mass is 202 g/mol. The van der Waals surface area contributed by atoms with Gasteiger partial charge in [-0.2, -0.15) is 0 Å². The summed E-state index contributed by atoms with van der Waals surface area (Å²) in [6.45, 7) is 8.55. The van der Waals surface area contributed by atoms with Gasteiger partial charge in [0.25, 0.3) is 0 Å². The second kappa shape index (κ2) is 5.98. The van der Waals surface area contributed by atoms with Gasteiger partial charge in [-0.1, -0.05) is 6.92 Å². The Kier molecular flexibility index (Phi) is 5.72. The van der Waals surface area contributed by atoms with Crippen molar-refractivity contribution in [2.24, 2.45) is 5.73 Å². The highest BCUT2D eigenvalue weighted by molar-refractivity contribution is 5.80. The van der Waals surface area contributed by atoms with E-state index in [0.29, 0.717) is 13.2 Å². The summed E-state index contributed by atoms with van der Waals surface area (Å²) in [5.74, 6) is -0.0731. The van der Waals surface area contributed by atoms with Crippen LogP contribution in [0.1, 0.15) is 34.1 Å². The minimum Gasteiger partial charge on any atom is -0.367 e. The van der Waals surface area contributed by atoms with E-state index in [1.165, 1.54) is 0 Å². The summed E-state index contributed by atoms with van der Waals surface area (Å²) in [6.07, 6.45) is 0.505. The summed E-state index contributed by atoms with van der Waals surface area (Å²) in [4.78, 5) is 11.3. The number of hydrogen-bond acceptors (Lipinski definition) is 3. The van der Waals surface area contributed by atoms with Crippen LogP contribution in [0.4, 0.5) is 0 Å². The van der Waals surface area contributed by atoms with Crippen LogP contribution in [0.5, 0.6) is 0 Å². The first kappa shape index (κ1) is 13.4. The van der Waals surface area contributed by atoms with Crippen molar-refractivity contribution in [2.45, 2.75) is 45.8 Å². The van der Waals surface area contributed by atoms with Gasteiger partial charge in [-0.05, 0) is 27.2 Å². The van der Waals surface area contributed by atoms with E-state index in [1.54, 1.807) is 6.92 Å². The lowest BCUT2D eigenvalue weighted by Crippen LogP contribution is -2.42. The van der Waals surface area contributed by atoms with Gasteiger partial charge in [-0.3, -0.25) is 4.79 Å². The van der Waals surface area contributed by atoms with Crippen LogP contribution in [0.3, 0.4) is 0 Å². The SMILES string of the molecule is CCCNC(=O)C(C)OCC(C)(C)N. The van der Waals surface area contributed by atoms with E-state index >= 15 is 0 Å². The summed E-state index contributed by atoms with van der Waals surface area (Å²) >= 11 is 0. The summed E-state index contributed by atoms with van der Waals surface area (Å²) in [5, 5.41) is 2.76. The highest BCUT2D eigenvalue weighted by Gasteiger charge is 2.17. The highest BCUT2D eigenvalue weighted by Crippen LogP contribution is 2.00. The number of rotatable bonds is 6. The first-order valence-electron chi connectivity index (χ1n) is 5.05. The first-order chi connectivity index (χ1) is 6.37. The second-order valence-corrected chi connectivity index (χ2v) is 4.23. The molecule has 0 aromatic heterocycles. The molecule has 1 atom stereocenters. The molecule has 0 rings (SSSR count). The van der Waals surface area contributed by atoms with Crippen molar-refractivity contribution < 1.29 is 9.53 Å². The summed E-state index contributed by atoms with van der Waals surface area (Å²) in [5.41, 5.74) is 5.34. The Labute approximate surface area is 86.2 Å². The molecular formula is C10H22N2O2. The Balaban J connectivity index is 3.73. The number of ether oxygens (including phenoxy) is 1. The van der Waals surface area contributed by atoms with E-state index in [1.807, 2.05) is 20.8 Å². The zero-order valence-corrected chi connectivity index (χ0v) is 9.59. The summed E-state index contributed by atoms with van der Waals surface area (Å²) in [7, 11) is 0. The second-order valence-electron chi connectivity index (χ2n) is 4.23. The summed E-state index contributed by atoms with van der Waals surface area (Å²) < 4.78 is 5.33. The van der Waals surface area contributed by atoms with E-state index < -0.39 is 6.10 Å². The fraction of sp³-hybridized carbons (Fsp3) is 0.900. The van der Waals surface area contributed by atoms with Gasteiger partial charge in [0.1, 0.15) is 6.10 Å². The molecule has 14 heavy (non-hydrogen) atoms. The zero-order chi connectivity index (χ0) is 11.2. The Hall–Kier alpha value is -0.610. The smallest absolute Gasteiger partial charge is 0.248 e. The highest BCUT2D eigenvalue weighted by atomic mass is 16.5. The van der Waals surface area contributed by atoms with Gasteiger partial charge in [0, 0.05) is 12.1 Å². The lowest BCUT2D eigenvalue weighted by Gasteiger charge is -2.21. The van der Waals surface area contributed by atoms with Crippen LogP contribution < -0.4 is 11.1 Å². The topological polar surface area (TPSA) is 64.3 Å². The molecule has 1 unspecified atom stereocenters. The van der Waals surface area contributed by atoms with Gasteiger partial charge < -0.3 is 15.8 Å². The number of nitrogens with two attached hydrogens (primary N) is 1. The van der Waals surface area contributed by atoms with Gasteiger partial charge >= 0.3 is 0 Å². The molecule has 0 aromatic carbocycles. The molecule has 4 heteroatoms. The third kappa shape index (κ3) is 6.86. The van der Waals surface area contributed by atoms with Crippen LogP contribution in [-0.4, -0.2) is 30.7 Å². The number of nitrogens with one attached hydrogen (secondary N) is 1. The maximum atomic E-state index is 11.3. The third-order valence-corrected chi connectivity index (χ3v) is 1.62. The largest absolute Gasteiger partial charge is 0.367 e. The average Bonchev–Trinajstić information content (AvgIpc) is 2.09. The molecule has 1 amide bonds. The predicted molar refractivity (Wildman–Crippen MR) is 57.0 cm³/mol. The Morgan fingerprint density at radius 3 is 2.57 bits per heavy atom. The number of hydrogen-bond donors (Lipinski definition) is 2. The van der Waals surface area contributed by atoms with E-state index in [9.17, 15) is 4.79 Å². The molecule has 0 saturated carbocycles. The summed E-state index contributed by atoms with van der Waals surface area (Å²) in [6, 6.07) is 0. The Morgan fingerprint density at radius 2 is 2.14 bits per heavy atom. The standard InChI is InChI=1S/C10H22N2O2/c1-5-6-12-9(13)8(2)14-7-10(3,4)11/h8H,5-7,11H2,1-4H3,(H,12,13). The molecule has 0 radical (unpaired) electrons. The van der Waals surface area contributed by atoms with Crippen LogP contribution in [0.25, 0.3) is 0 Å². The molecule has 0 aliphatic rings. The molecular weight excluding hydrogens is 180 g/mol. The molecule has 0 spiro atoms. The third-order valence-electron chi connectivity index (χ3n) is 1.62. The van der Waals surface area contributed by atoms with Gasteiger partial charge in [0.2, 0.25) is 5.91 Å². The predicted octanol–water partition coefficient (Wildman–Crippen LogP) is 0.655. The molecule has 0 aliphatic heterocycles. The van der Waals surface area contributed by atoms with E-state index in [-0.39, 0.29) is 11.4 Å². The molecule has 84 valence electrons. The maximum Gasteiger partial charge on any atom is 0.248 e. The first-order valence-corrected chi connectivity index (χ1v) is 5.05. The molecule has 0 saturated heterocycles. The fourth-order valence-electron chi connectivity index (χ4n) is 0.807. The van der Waals surface area contributed by atoms with Crippen LogP contribution in [0.2, 0.25) is 0 Å². The maximum absolute atomic E-state index is 11.3. The normalized spacial score (nSPS) is 13.8. The Bertz CT molecular complexity index is 175. The van der Waals surface area contributed by atoms with Crippen molar-refractivity contribution >= 4 is 5.91 Å². The fourth-order valence-corrected chi connectivity index (χ4v) is 0.807. The van der Waals surface area contributed by atoms with Gasteiger partial charge in [-0.15, -0.1) is 0 Å². The van der Waals surface area contributed by atoms with Crippen LogP contribution in [-0.2, 0) is 9.53 Å². The van der Waals surface area contributed by atoms with Gasteiger partial charge in [-0.25, -0.2) is 0 Å². The van der Waals surface area contributed by atoms with Crippen LogP contribution in [0, 0.1) is 0 Å². The van der Waals surface area contributed by atoms with Crippen molar-refractivity contribution in [3.8, 4) is 0 Å². The molecule has 0 aromatic rings. The Morgan fingerprint density at radius 1 is 1.57 bits per heavy atom. The molecule has 0 heterocycles. The van der Waals surface area contributed by atoms with Gasteiger partial charge in [0.05, 0.1) is 6.61 Å². The van der Waals surface area contributed by atoms with E-state index in [2.05, 4.69) is 5.32 Å². The minimum absolute atomic E-state index is 0.0731. The zero-order valence-electron chi connectivity index (χ0n) is 9.59. The van der Waals surface area contributed by atoms with Gasteiger partial charge in [0.15, 0.2) is 0 Å². The quantitative estimate of drug-likeness (QED) is 0.665. The average molecular weight is 202 g/mol. The van der Waals surface area contributed by atoms with Crippen molar-refractivity contribution in [3.05, 3.63) is 0 Å². The molecule has 0 aliphatic carbocycles. The minimum atomic E-state index is -0.427. The van der Waals surface area contributed by atoms with E-state index in [0.717, 1.165) is 6.42 Å². The van der Waals surface area contributed by atoms with Crippen molar-refractivity contribution in [2.75, 3.05) is 13.2 Å². The number of amides is 1. The van der Waals surface area contributed by atoms with E-state index in [4.69, 9.17) is 10.5 Å². The lowest BCUT2D eigenvalue weighted by atomic mass is 10.1. The van der Waals surface area contributed by atoms with Crippen LogP contribution in [0.15, 0.2) is 0 Å². The molecule has 4 nitrogen and oxygen atoms in total. The lowest BCUT2D eigenvalue weighted by molar-refractivity contribution is -0.132. The molecule has 0 bridgehead atoms. The number of carbonyl (C=O) groups is 1. The number of carbonyl (C=O) groups excluding carboxylic acids is 1. The van der Waals surface area contributed by atoms with Crippen molar-refractivity contribution in [3.63, 3.8) is 0 Å². The molecule has 3 N–H and O–H groups in total. The van der Waals surface area contributed by atoms with Crippen molar-refractivity contribution in [1.82, 2.24) is 5.32 Å². The van der Waals surface area contributed by atoms with Crippen LogP contribution >= 0.6 is 0 Å².